The van der Waals surface area contributed by atoms with E-state index in [-0.39, 0.29) is 35.4 Å². The number of thioether (sulfide) groups is 1. The second-order valence-electron chi connectivity index (χ2n) is 22.5. The van der Waals surface area contributed by atoms with Crippen molar-refractivity contribution in [3.05, 3.63) is 119 Å². The molecule has 4 aromatic rings. The number of amides is 1. The summed E-state index contributed by atoms with van der Waals surface area (Å²) in [6.07, 6.45) is 4.80. The van der Waals surface area contributed by atoms with Gasteiger partial charge in [0.2, 0.25) is 6.79 Å². The van der Waals surface area contributed by atoms with E-state index < -0.39 is 78.6 Å². The van der Waals surface area contributed by atoms with Crippen molar-refractivity contribution in [2.45, 2.75) is 106 Å². The van der Waals surface area contributed by atoms with Crippen LogP contribution in [0.4, 0.5) is 24.5 Å². The number of sulfonamides is 1. The Kier molecular flexibility index (Phi) is 21.2. The number of rotatable bonds is 23. The summed E-state index contributed by atoms with van der Waals surface area (Å²) < 4.78 is 129. The lowest BCUT2D eigenvalue weighted by atomic mass is 9.73. The van der Waals surface area contributed by atoms with Gasteiger partial charge in [0.25, 0.3) is 25.8 Å². The topological polar surface area (TPSA) is 181 Å². The summed E-state index contributed by atoms with van der Waals surface area (Å²) in [4.78, 5) is 31.2. The lowest BCUT2D eigenvalue weighted by Gasteiger charge is -2.39. The second-order valence-corrected chi connectivity index (χ2v) is 29.7. The molecule has 3 aliphatic rings. The average Bonchev–Trinajstić information content (AvgIpc) is 3.40. The Morgan fingerprint density at radius 3 is 2.15 bits per heavy atom. The second kappa shape index (κ2) is 26.9. The van der Waals surface area contributed by atoms with Crippen molar-refractivity contribution in [1.29, 1.82) is 0 Å². The number of likely N-dealkylation sites (tertiary alicyclic amines) is 1. The number of allylic oxidation sites excluding steroid dienone is 1. The molecule has 1 aliphatic carbocycles. The summed E-state index contributed by atoms with van der Waals surface area (Å²) in [6, 6.07) is 25.4. The van der Waals surface area contributed by atoms with Gasteiger partial charge in [0.15, 0.2) is 0 Å². The molecule has 23 heteroatoms. The van der Waals surface area contributed by atoms with Crippen LogP contribution in [0.3, 0.4) is 0 Å². The quantitative estimate of drug-likeness (QED) is 0.0310. The lowest BCUT2D eigenvalue weighted by Crippen LogP contribution is -2.47. The van der Waals surface area contributed by atoms with Crippen LogP contribution in [0.1, 0.15) is 96.0 Å². The molecular weight excluding hydrogens is 1130 g/mol. The van der Waals surface area contributed by atoms with Gasteiger partial charge < -0.3 is 24.4 Å². The number of carbonyl (C=O) groups is 2. The molecule has 438 valence electrons. The normalized spacial score (nSPS) is 18.4. The van der Waals surface area contributed by atoms with Crippen LogP contribution in [0, 0.1) is 16.7 Å². The third-order valence-corrected chi connectivity index (χ3v) is 21.0. The molecule has 0 aromatic heterocycles. The van der Waals surface area contributed by atoms with Gasteiger partial charge in [0.05, 0.1) is 28.8 Å². The Bertz CT molecular complexity index is 3080. The number of nitrogens with one attached hydrogen (secondary N) is 2. The fraction of sp³-hybridized carbons (Fsp3) is 0.509. The van der Waals surface area contributed by atoms with Gasteiger partial charge in [0, 0.05) is 72.2 Å². The summed E-state index contributed by atoms with van der Waals surface area (Å²) in [5.74, 6) is -1.32. The molecule has 2 unspecified atom stereocenters. The zero-order valence-corrected chi connectivity index (χ0v) is 50.3. The minimum atomic E-state index is -6.15. The molecular formula is C57H74ClF3N5O10PS3. The smallest absolute Gasteiger partial charge is 0.438 e. The van der Waals surface area contributed by atoms with Crippen LogP contribution in [0.5, 0.6) is 0 Å². The highest BCUT2D eigenvalue weighted by molar-refractivity contribution is 7.99. The number of piperidine rings is 1. The lowest BCUT2D eigenvalue weighted by molar-refractivity contribution is -0.160. The molecule has 7 rings (SSSR count). The van der Waals surface area contributed by atoms with Crippen LogP contribution < -0.4 is 14.9 Å². The van der Waals surface area contributed by atoms with E-state index in [4.69, 9.17) is 25.4 Å². The molecule has 2 atom stereocenters. The maximum Gasteiger partial charge on any atom is 0.501 e. The molecule has 2 fully saturated rings. The van der Waals surface area contributed by atoms with Crippen molar-refractivity contribution < 1.29 is 57.9 Å². The first-order valence-electron chi connectivity index (χ1n) is 26.9. The molecule has 0 bridgehead atoms. The summed E-state index contributed by atoms with van der Waals surface area (Å²) in [5.41, 5.74) is -2.02. The summed E-state index contributed by atoms with van der Waals surface area (Å²) in [7, 11) is -14.7. The highest BCUT2D eigenvalue weighted by atomic mass is 35.5. The molecule has 0 saturated carbocycles. The van der Waals surface area contributed by atoms with Crippen molar-refractivity contribution in [1.82, 2.24) is 14.5 Å². The van der Waals surface area contributed by atoms with Gasteiger partial charge in [0.1, 0.15) is 4.90 Å². The van der Waals surface area contributed by atoms with E-state index in [1.54, 1.807) is 39.8 Å². The van der Waals surface area contributed by atoms with E-state index >= 15 is 0 Å². The fourth-order valence-electron chi connectivity index (χ4n) is 10.1. The van der Waals surface area contributed by atoms with Crippen molar-refractivity contribution in [2.24, 2.45) is 16.7 Å². The number of esters is 1. The molecule has 4 aromatic carbocycles. The monoisotopic (exact) mass is 1210 g/mol. The first-order valence-corrected chi connectivity index (χ1v) is 33.0. The van der Waals surface area contributed by atoms with E-state index in [1.165, 1.54) is 40.6 Å². The number of sulfone groups is 1. The highest BCUT2D eigenvalue weighted by Gasteiger charge is 2.49. The molecule has 2 aliphatic heterocycles. The van der Waals surface area contributed by atoms with Crippen molar-refractivity contribution >= 4 is 79.6 Å². The Morgan fingerprint density at radius 2 is 1.52 bits per heavy atom. The van der Waals surface area contributed by atoms with Crippen molar-refractivity contribution in [2.75, 3.05) is 87.9 Å². The molecule has 0 radical (unpaired) electrons. The average molecular weight is 1210 g/mol. The molecule has 80 heavy (non-hydrogen) atoms. The van der Waals surface area contributed by atoms with Crippen LogP contribution in [0.15, 0.2) is 117 Å². The minimum Gasteiger partial charge on any atom is -0.438 e. The Balaban J connectivity index is 0.992. The van der Waals surface area contributed by atoms with Gasteiger partial charge in [-0.05, 0) is 169 Å². The molecule has 15 nitrogen and oxygen atoms in total. The first-order chi connectivity index (χ1) is 37.6. The SMILES string of the molecule is CCOP(=O)(CC1CCN(CCC(CSc2ccccc2)Nc2ccc(S(=O)(=O)NC(=O)c3ccc(N4CCN(CC5=C(c6ccc(Cl)cc6)CCC(C)(C)C5)CC4)cc3)cc2S(=O)(=O)C(F)(F)F)CC1)OCOC(=O)C(C)(C)C. The number of nitrogens with zero attached hydrogens (tertiary/aromatic N) is 3. The van der Waals surface area contributed by atoms with Gasteiger partial charge in [-0.15, -0.1) is 11.8 Å². The van der Waals surface area contributed by atoms with Gasteiger partial charge >= 0.3 is 19.1 Å². The van der Waals surface area contributed by atoms with Crippen LogP contribution in [0.2, 0.25) is 5.02 Å². The van der Waals surface area contributed by atoms with E-state index in [0.717, 1.165) is 61.6 Å². The fourth-order valence-corrected chi connectivity index (χ4v) is 15.1. The number of carbonyl (C=O) groups excluding carboxylic acids is 2. The van der Waals surface area contributed by atoms with E-state index in [2.05, 4.69) is 46.0 Å². The Hall–Kier alpha value is -4.44. The highest BCUT2D eigenvalue weighted by Crippen LogP contribution is 2.51. The number of ether oxygens (including phenoxy) is 1. The molecule has 2 N–H and O–H groups in total. The number of piperazine rings is 1. The largest absolute Gasteiger partial charge is 0.501 e. The summed E-state index contributed by atoms with van der Waals surface area (Å²) >= 11 is 7.61. The zero-order valence-electron chi connectivity index (χ0n) is 46.2. The summed E-state index contributed by atoms with van der Waals surface area (Å²) in [6.45, 7) is 16.5. The molecule has 0 spiro atoms. The van der Waals surface area contributed by atoms with Crippen LogP contribution >= 0.6 is 31.0 Å². The van der Waals surface area contributed by atoms with Gasteiger partial charge in [-0.1, -0.05) is 61.4 Å². The predicted octanol–water partition coefficient (Wildman–Crippen LogP) is 12.0. The standard InChI is InChI=1S/C57H74ClF3N5O10PS3/c1-7-75-77(69,76-40-74-54(68)55(2,3)4)38-41-24-28-64(29-25-41)30-26-46(39-78-48-11-9-8-10-12-48)62-51-22-21-49(35-52(51)79(70,71)57(59,60)61)80(72,73)63-53(67)43-15-19-47(20-16-43)66-33-31-65(32-34-66)37-44-36-56(5,6)27-23-50(44)42-13-17-45(58)18-14-42/h8-22,35,41,46,62H,7,23-34,36-40H2,1-6H3,(H,63,67). The number of hydrogen-bond donors (Lipinski definition) is 2. The van der Waals surface area contributed by atoms with Gasteiger partial charge in [-0.25, -0.2) is 21.6 Å². The van der Waals surface area contributed by atoms with Gasteiger partial charge in [-0.2, -0.15) is 13.2 Å². The first kappa shape index (κ1) is 63.1. The number of alkyl halides is 3. The Morgan fingerprint density at radius 1 is 0.863 bits per heavy atom. The number of halogens is 4. The zero-order chi connectivity index (χ0) is 58.1. The van der Waals surface area contributed by atoms with Crippen LogP contribution in [-0.2, 0) is 43.0 Å². The Labute approximate surface area is 479 Å². The molecule has 1 amide bonds. The van der Waals surface area contributed by atoms with E-state index in [9.17, 15) is 44.2 Å². The van der Waals surface area contributed by atoms with E-state index in [0.29, 0.717) is 63.1 Å². The third kappa shape index (κ3) is 17.3. The third-order valence-electron chi connectivity index (χ3n) is 14.6. The van der Waals surface area contributed by atoms with Crippen LogP contribution in [-0.4, -0.2) is 128 Å². The minimum absolute atomic E-state index is 0.0302. The molecule has 2 heterocycles. The van der Waals surface area contributed by atoms with Crippen LogP contribution in [0.25, 0.3) is 5.57 Å². The number of anilines is 2. The van der Waals surface area contributed by atoms with Crippen molar-refractivity contribution in [3.8, 4) is 0 Å². The van der Waals surface area contributed by atoms with E-state index in [1.807, 2.05) is 47.2 Å². The number of benzene rings is 4. The maximum atomic E-state index is 14.5. The maximum absolute atomic E-state index is 14.5. The number of hydrogen-bond acceptors (Lipinski definition) is 15. The van der Waals surface area contributed by atoms with Crippen molar-refractivity contribution in [3.63, 3.8) is 0 Å². The predicted molar refractivity (Wildman–Crippen MR) is 309 cm³/mol. The molecule has 2 saturated heterocycles. The van der Waals surface area contributed by atoms with Gasteiger partial charge in [-0.3, -0.25) is 23.6 Å². The summed E-state index contributed by atoms with van der Waals surface area (Å²) in [5, 5.41) is 3.71.